The van der Waals surface area contributed by atoms with Crippen LogP contribution in [0.4, 0.5) is 0 Å². The molecule has 2 aliphatic rings. The van der Waals surface area contributed by atoms with Crippen LogP contribution in [-0.4, -0.2) is 38.5 Å². The van der Waals surface area contributed by atoms with Gasteiger partial charge in [-0.1, -0.05) is 29.8 Å². The Morgan fingerprint density at radius 3 is 2.77 bits per heavy atom. The highest BCUT2D eigenvalue weighted by molar-refractivity contribution is 7.15. The largest absolute Gasteiger partial charge is 0.478 e. The molecule has 0 fully saturated rings. The van der Waals surface area contributed by atoms with Gasteiger partial charge in [0.05, 0.1) is 11.3 Å². The van der Waals surface area contributed by atoms with E-state index >= 15 is 0 Å². The van der Waals surface area contributed by atoms with E-state index in [0.717, 1.165) is 52.2 Å². The molecule has 2 aliphatic heterocycles. The number of nitrogens with zero attached hydrogens (tertiary/aromatic N) is 5. The molecule has 154 valence electrons. The summed E-state index contributed by atoms with van der Waals surface area (Å²) in [7, 11) is 0. The van der Waals surface area contributed by atoms with Crippen molar-refractivity contribution in [3.63, 3.8) is 0 Å². The number of fused-ring (bicyclic) bond motifs is 3. The quantitative estimate of drug-likeness (QED) is 0.587. The maximum Gasteiger partial charge on any atom is 0.184 e. The van der Waals surface area contributed by atoms with Crippen LogP contribution in [0.3, 0.4) is 0 Å². The zero-order chi connectivity index (χ0) is 20.9. The minimum atomic E-state index is -0.125. The summed E-state index contributed by atoms with van der Waals surface area (Å²) in [6, 6.07) is 10.1. The molecular formula is C22H22ClN5OS. The van der Waals surface area contributed by atoms with Crippen molar-refractivity contribution in [1.29, 1.82) is 0 Å². The average molecular weight is 440 g/mol. The van der Waals surface area contributed by atoms with Crippen molar-refractivity contribution in [2.75, 3.05) is 6.61 Å². The first-order chi connectivity index (χ1) is 14.4. The molecule has 0 aliphatic carbocycles. The number of thiophene rings is 1. The van der Waals surface area contributed by atoms with Gasteiger partial charge in [0, 0.05) is 27.4 Å². The molecule has 0 spiro atoms. The molecule has 0 saturated carbocycles. The van der Waals surface area contributed by atoms with Crippen molar-refractivity contribution in [3.8, 4) is 5.00 Å². The van der Waals surface area contributed by atoms with Gasteiger partial charge in [0.15, 0.2) is 11.7 Å². The number of halogens is 1. The van der Waals surface area contributed by atoms with Gasteiger partial charge in [0.1, 0.15) is 24.0 Å². The SMILES string of the molecule is Cc1nnc2n1-c1sc(CCC3=NC(C)(C)CO3)cc1C(c1ccccc1Cl)=NC2. The molecule has 2 aromatic heterocycles. The molecule has 0 amide bonds. The van der Waals surface area contributed by atoms with E-state index in [-0.39, 0.29) is 5.54 Å². The number of ether oxygens (including phenoxy) is 1. The summed E-state index contributed by atoms with van der Waals surface area (Å²) in [6.45, 7) is 7.28. The lowest BCUT2D eigenvalue weighted by Crippen LogP contribution is -2.17. The lowest BCUT2D eigenvalue weighted by atomic mass is 10.0. The average Bonchev–Trinajstić information content (AvgIpc) is 3.36. The monoisotopic (exact) mass is 439 g/mol. The smallest absolute Gasteiger partial charge is 0.184 e. The van der Waals surface area contributed by atoms with Crippen molar-refractivity contribution in [2.24, 2.45) is 9.98 Å². The summed E-state index contributed by atoms with van der Waals surface area (Å²) < 4.78 is 7.88. The molecular weight excluding hydrogens is 418 g/mol. The van der Waals surface area contributed by atoms with Crippen LogP contribution in [0.15, 0.2) is 40.3 Å². The van der Waals surface area contributed by atoms with E-state index < -0.39 is 0 Å². The third-order valence-corrected chi connectivity index (χ3v) is 6.74. The van der Waals surface area contributed by atoms with Gasteiger partial charge >= 0.3 is 0 Å². The topological polar surface area (TPSA) is 64.7 Å². The molecule has 0 atom stereocenters. The summed E-state index contributed by atoms with van der Waals surface area (Å²) in [5, 5.41) is 10.4. The summed E-state index contributed by atoms with van der Waals surface area (Å²) in [4.78, 5) is 10.8. The molecule has 4 heterocycles. The van der Waals surface area contributed by atoms with E-state index in [0.29, 0.717) is 18.2 Å². The summed E-state index contributed by atoms with van der Waals surface area (Å²) in [5.74, 6) is 2.54. The van der Waals surface area contributed by atoms with Gasteiger partial charge in [0.25, 0.3) is 0 Å². The standard InChI is InChI=1S/C22H22ClN5OS/c1-13-26-27-18-11-24-20(15-6-4-5-7-17(15)23)16-10-14(30-21(16)28(13)18)8-9-19-25-22(2,3)12-29-19/h4-7,10H,8-9,11-12H2,1-3H3. The number of aromatic nitrogens is 3. The Bertz CT molecular complexity index is 1190. The molecule has 30 heavy (non-hydrogen) atoms. The fraction of sp³-hybridized carbons (Fsp3) is 0.364. The highest BCUT2D eigenvalue weighted by Gasteiger charge is 2.28. The van der Waals surface area contributed by atoms with Crippen molar-refractivity contribution >= 4 is 34.5 Å². The molecule has 5 rings (SSSR count). The van der Waals surface area contributed by atoms with Crippen LogP contribution in [-0.2, 0) is 17.7 Å². The second-order valence-corrected chi connectivity index (χ2v) is 9.70. The number of hydrogen-bond acceptors (Lipinski definition) is 6. The van der Waals surface area contributed by atoms with Gasteiger partial charge in [-0.05, 0) is 39.3 Å². The van der Waals surface area contributed by atoms with E-state index in [9.17, 15) is 0 Å². The number of aryl methyl sites for hydroxylation is 2. The van der Waals surface area contributed by atoms with E-state index in [1.54, 1.807) is 11.3 Å². The molecule has 6 nitrogen and oxygen atoms in total. The first-order valence-corrected chi connectivity index (χ1v) is 11.2. The Hall–Kier alpha value is -2.51. The van der Waals surface area contributed by atoms with Gasteiger partial charge in [0.2, 0.25) is 0 Å². The molecule has 0 saturated heterocycles. The zero-order valence-electron chi connectivity index (χ0n) is 17.1. The number of rotatable bonds is 4. The van der Waals surface area contributed by atoms with Crippen LogP contribution >= 0.6 is 22.9 Å². The van der Waals surface area contributed by atoms with Crippen LogP contribution in [0.25, 0.3) is 5.00 Å². The predicted octanol–water partition coefficient (Wildman–Crippen LogP) is 4.78. The van der Waals surface area contributed by atoms with E-state index in [1.807, 2.05) is 31.2 Å². The van der Waals surface area contributed by atoms with Crippen molar-refractivity contribution in [1.82, 2.24) is 14.8 Å². The van der Waals surface area contributed by atoms with Crippen molar-refractivity contribution in [3.05, 3.63) is 63.0 Å². The Kier molecular flexibility index (Phi) is 4.75. The lowest BCUT2D eigenvalue weighted by Gasteiger charge is -2.08. The molecule has 8 heteroatoms. The van der Waals surface area contributed by atoms with Gasteiger partial charge in [-0.15, -0.1) is 21.5 Å². The zero-order valence-corrected chi connectivity index (χ0v) is 18.7. The molecule has 3 aromatic rings. The first-order valence-electron chi connectivity index (χ1n) is 9.96. The van der Waals surface area contributed by atoms with Crippen LogP contribution in [0, 0.1) is 6.92 Å². The van der Waals surface area contributed by atoms with Gasteiger partial charge in [-0.3, -0.25) is 9.56 Å². The van der Waals surface area contributed by atoms with Crippen LogP contribution in [0.1, 0.15) is 47.9 Å². The Morgan fingerprint density at radius 2 is 2.00 bits per heavy atom. The molecule has 0 radical (unpaired) electrons. The summed E-state index contributed by atoms with van der Waals surface area (Å²) in [5.41, 5.74) is 2.78. The van der Waals surface area contributed by atoms with Crippen molar-refractivity contribution < 1.29 is 4.74 Å². The van der Waals surface area contributed by atoms with Gasteiger partial charge in [-0.25, -0.2) is 4.99 Å². The normalized spacial score (nSPS) is 16.9. The molecule has 0 bridgehead atoms. The Morgan fingerprint density at radius 1 is 1.17 bits per heavy atom. The van der Waals surface area contributed by atoms with E-state index in [1.165, 1.54) is 4.88 Å². The number of aliphatic imine (C=N–C) groups is 2. The molecule has 1 aromatic carbocycles. The highest BCUT2D eigenvalue weighted by Crippen LogP contribution is 2.35. The Balaban J connectivity index is 1.55. The van der Waals surface area contributed by atoms with Crippen LogP contribution < -0.4 is 0 Å². The highest BCUT2D eigenvalue weighted by atomic mass is 35.5. The molecule has 0 unspecified atom stereocenters. The predicted molar refractivity (Wildman–Crippen MR) is 121 cm³/mol. The Labute approximate surface area is 184 Å². The van der Waals surface area contributed by atoms with Crippen LogP contribution in [0.5, 0.6) is 0 Å². The van der Waals surface area contributed by atoms with Gasteiger partial charge < -0.3 is 4.74 Å². The van der Waals surface area contributed by atoms with E-state index in [2.05, 4.69) is 39.7 Å². The van der Waals surface area contributed by atoms with Crippen molar-refractivity contribution in [2.45, 2.75) is 45.7 Å². The fourth-order valence-corrected chi connectivity index (χ4v) is 5.25. The number of benzene rings is 1. The summed E-state index contributed by atoms with van der Waals surface area (Å²) >= 11 is 8.28. The minimum Gasteiger partial charge on any atom is -0.478 e. The first kappa shape index (κ1) is 19.5. The second kappa shape index (κ2) is 7.32. The summed E-state index contributed by atoms with van der Waals surface area (Å²) in [6.07, 6.45) is 1.65. The van der Waals surface area contributed by atoms with E-state index in [4.69, 9.17) is 21.3 Å². The number of hydrogen-bond donors (Lipinski definition) is 0. The third-order valence-electron chi connectivity index (χ3n) is 5.23. The third kappa shape index (κ3) is 3.46. The maximum atomic E-state index is 6.53. The minimum absolute atomic E-state index is 0.125. The fourth-order valence-electron chi connectivity index (χ4n) is 3.80. The lowest BCUT2D eigenvalue weighted by molar-refractivity contribution is 0.274. The second-order valence-electron chi connectivity index (χ2n) is 8.18. The van der Waals surface area contributed by atoms with Crippen LogP contribution in [0.2, 0.25) is 5.02 Å². The maximum absolute atomic E-state index is 6.53. The van der Waals surface area contributed by atoms with Gasteiger partial charge in [-0.2, -0.15) is 0 Å². The molecule has 0 N–H and O–H groups in total.